The zero-order valence-corrected chi connectivity index (χ0v) is 7.27. The SMILES string of the molecule is CCOC(=O)/N=N/C(=O)N(C)C. The maximum absolute atomic E-state index is 10.7. The second-order valence-electron chi connectivity index (χ2n) is 2.08. The predicted molar refractivity (Wildman–Crippen MR) is 41.0 cm³/mol. The van der Waals surface area contributed by atoms with E-state index in [-0.39, 0.29) is 6.61 Å². The Hall–Kier alpha value is -1.46. The van der Waals surface area contributed by atoms with Gasteiger partial charge in [-0.25, -0.2) is 9.59 Å². The van der Waals surface area contributed by atoms with Crippen molar-refractivity contribution < 1.29 is 14.3 Å². The highest BCUT2D eigenvalue weighted by Gasteiger charge is 2.02. The molecule has 0 saturated heterocycles. The summed E-state index contributed by atoms with van der Waals surface area (Å²) in [6, 6.07) is -0.594. The van der Waals surface area contributed by atoms with Crippen LogP contribution in [0.15, 0.2) is 10.2 Å². The van der Waals surface area contributed by atoms with Crippen molar-refractivity contribution in [3.05, 3.63) is 0 Å². The van der Waals surface area contributed by atoms with Crippen LogP contribution in [-0.2, 0) is 4.74 Å². The fraction of sp³-hybridized carbons (Fsp3) is 0.667. The first-order valence-corrected chi connectivity index (χ1v) is 3.37. The number of carbonyl (C=O) groups excluding carboxylic acids is 2. The molecular weight excluding hydrogens is 162 g/mol. The summed E-state index contributed by atoms with van der Waals surface area (Å²) in [5, 5.41) is 6.09. The Morgan fingerprint density at radius 2 is 1.92 bits per heavy atom. The Bertz CT molecular complexity index is 200. The normalized spacial score (nSPS) is 9.92. The number of hydrogen-bond donors (Lipinski definition) is 0. The number of nitrogens with zero attached hydrogens (tertiary/aromatic N) is 3. The van der Waals surface area contributed by atoms with Crippen LogP contribution in [0.1, 0.15) is 6.92 Å². The molecule has 0 aromatic carbocycles. The van der Waals surface area contributed by atoms with Gasteiger partial charge < -0.3 is 9.64 Å². The summed E-state index contributed by atoms with van der Waals surface area (Å²) >= 11 is 0. The van der Waals surface area contributed by atoms with E-state index in [4.69, 9.17) is 0 Å². The zero-order chi connectivity index (χ0) is 9.56. The summed E-state index contributed by atoms with van der Waals surface area (Å²) in [6.07, 6.45) is -0.854. The van der Waals surface area contributed by atoms with Gasteiger partial charge in [0.2, 0.25) is 0 Å². The van der Waals surface area contributed by atoms with Gasteiger partial charge in [-0.05, 0) is 6.92 Å². The van der Waals surface area contributed by atoms with Crippen LogP contribution in [0.25, 0.3) is 0 Å². The topological polar surface area (TPSA) is 71.3 Å². The summed E-state index contributed by atoms with van der Waals surface area (Å²) in [5.41, 5.74) is 0. The lowest BCUT2D eigenvalue weighted by Crippen LogP contribution is -2.17. The monoisotopic (exact) mass is 173 g/mol. The van der Waals surface area contributed by atoms with Crippen molar-refractivity contribution in [3.63, 3.8) is 0 Å². The smallest absolute Gasteiger partial charge is 0.447 e. The summed E-state index contributed by atoms with van der Waals surface area (Å²) in [7, 11) is 3.01. The second kappa shape index (κ2) is 5.22. The number of hydrogen-bond acceptors (Lipinski definition) is 3. The lowest BCUT2D eigenvalue weighted by molar-refractivity contribution is 0.161. The first-order valence-electron chi connectivity index (χ1n) is 3.37. The van der Waals surface area contributed by atoms with Gasteiger partial charge in [0.1, 0.15) is 0 Å². The van der Waals surface area contributed by atoms with Crippen molar-refractivity contribution in [2.24, 2.45) is 10.2 Å². The Morgan fingerprint density at radius 3 is 2.33 bits per heavy atom. The minimum absolute atomic E-state index is 0.216. The van der Waals surface area contributed by atoms with E-state index in [9.17, 15) is 9.59 Å². The fourth-order valence-electron chi connectivity index (χ4n) is 0.325. The zero-order valence-electron chi connectivity index (χ0n) is 7.27. The van der Waals surface area contributed by atoms with Crippen LogP contribution in [0.5, 0.6) is 0 Å². The highest BCUT2D eigenvalue weighted by molar-refractivity contribution is 5.76. The molecular formula is C6H11N3O3. The molecule has 0 aliphatic carbocycles. The Morgan fingerprint density at radius 1 is 1.33 bits per heavy atom. The van der Waals surface area contributed by atoms with Gasteiger partial charge in [0, 0.05) is 14.1 Å². The molecule has 0 aliphatic heterocycles. The molecule has 0 radical (unpaired) electrons. The van der Waals surface area contributed by atoms with Gasteiger partial charge in [0.25, 0.3) is 0 Å². The summed E-state index contributed by atoms with van der Waals surface area (Å²) in [4.78, 5) is 22.4. The molecule has 0 aromatic rings. The van der Waals surface area contributed by atoms with Gasteiger partial charge in [-0.15, -0.1) is 0 Å². The minimum atomic E-state index is -0.854. The van der Waals surface area contributed by atoms with E-state index in [0.717, 1.165) is 0 Å². The quantitative estimate of drug-likeness (QED) is 0.560. The molecule has 0 bridgehead atoms. The van der Waals surface area contributed by atoms with Crippen molar-refractivity contribution in [2.45, 2.75) is 6.92 Å². The van der Waals surface area contributed by atoms with Gasteiger partial charge >= 0.3 is 12.1 Å². The standard InChI is InChI=1S/C6H11N3O3/c1-4-12-6(11)8-7-5(10)9(2)3/h4H2,1-3H3/b8-7+. The molecule has 0 heterocycles. The molecule has 0 unspecified atom stereocenters. The van der Waals surface area contributed by atoms with Crippen molar-refractivity contribution in [1.29, 1.82) is 0 Å². The number of azo groups is 1. The van der Waals surface area contributed by atoms with Gasteiger partial charge in [-0.2, -0.15) is 0 Å². The van der Waals surface area contributed by atoms with E-state index in [0.29, 0.717) is 0 Å². The number of urea groups is 1. The molecule has 0 aromatic heterocycles. The lowest BCUT2D eigenvalue weighted by atomic mass is 10.9. The maximum atomic E-state index is 10.7. The second-order valence-corrected chi connectivity index (χ2v) is 2.08. The van der Waals surface area contributed by atoms with Gasteiger partial charge in [0.05, 0.1) is 6.61 Å². The third-order valence-electron chi connectivity index (χ3n) is 0.868. The summed E-state index contributed by atoms with van der Waals surface area (Å²) < 4.78 is 4.40. The average Bonchev–Trinajstić information content (AvgIpc) is 2.00. The first kappa shape index (κ1) is 10.5. The van der Waals surface area contributed by atoms with Crippen LogP contribution >= 0.6 is 0 Å². The molecule has 0 rings (SSSR count). The molecule has 0 fully saturated rings. The van der Waals surface area contributed by atoms with E-state index < -0.39 is 12.1 Å². The third-order valence-corrected chi connectivity index (χ3v) is 0.868. The summed E-state index contributed by atoms with van der Waals surface area (Å²) in [5.74, 6) is 0. The van der Waals surface area contributed by atoms with Crippen molar-refractivity contribution >= 4 is 12.1 Å². The minimum Gasteiger partial charge on any atom is -0.447 e. The van der Waals surface area contributed by atoms with Crippen molar-refractivity contribution in [3.8, 4) is 0 Å². The Kier molecular flexibility index (Phi) is 4.59. The highest BCUT2D eigenvalue weighted by Crippen LogP contribution is 1.89. The lowest BCUT2D eigenvalue weighted by Gasteiger charge is -2.02. The first-order chi connectivity index (χ1) is 5.57. The van der Waals surface area contributed by atoms with Crippen LogP contribution in [0, 0.1) is 0 Å². The van der Waals surface area contributed by atoms with Gasteiger partial charge in [-0.1, -0.05) is 10.2 Å². The average molecular weight is 173 g/mol. The Balaban J connectivity index is 3.90. The van der Waals surface area contributed by atoms with Crippen LogP contribution < -0.4 is 0 Å². The van der Waals surface area contributed by atoms with E-state index >= 15 is 0 Å². The molecule has 68 valence electrons. The van der Waals surface area contributed by atoms with Crippen molar-refractivity contribution in [2.75, 3.05) is 20.7 Å². The number of rotatable bonds is 1. The molecule has 3 amide bonds. The molecule has 0 saturated carbocycles. The molecule has 0 spiro atoms. The van der Waals surface area contributed by atoms with E-state index in [2.05, 4.69) is 15.0 Å². The largest absolute Gasteiger partial charge is 0.452 e. The molecule has 12 heavy (non-hydrogen) atoms. The number of amides is 3. The van der Waals surface area contributed by atoms with Crippen LogP contribution in [-0.4, -0.2) is 37.7 Å². The molecule has 0 N–H and O–H groups in total. The van der Waals surface area contributed by atoms with Crippen molar-refractivity contribution in [1.82, 2.24) is 4.90 Å². The molecule has 6 nitrogen and oxygen atoms in total. The highest BCUT2D eigenvalue weighted by atomic mass is 16.5. The molecule has 0 aliphatic rings. The van der Waals surface area contributed by atoms with Gasteiger partial charge in [0.15, 0.2) is 0 Å². The fourth-order valence-corrected chi connectivity index (χ4v) is 0.325. The summed E-state index contributed by atoms with van der Waals surface area (Å²) in [6.45, 7) is 1.86. The van der Waals surface area contributed by atoms with E-state index in [1.165, 1.54) is 19.0 Å². The number of carbonyl (C=O) groups is 2. The van der Waals surface area contributed by atoms with Crippen LogP contribution in [0.4, 0.5) is 9.59 Å². The third kappa shape index (κ3) is 4.37. The Labute approximate surface area is 70.2 Å². The maximum Gasteiger partial charge on any atom is 0.452 e. The van der Waals surface area contributed by atoms with E-state index in [1.807, 2.05) is 0 Å². The van der Waals surface area contributed by atoms with Gasteiger partial charge in [-0.3, -0.25) is 0 Å². The van der Waals surface area contributed by atoms with E-state index in [1.54, 1.807) is 6.92 Å². The van der Waals surface area contributed by atoms with Crippen LogP contribution in [0.3, 0.4) is 0 Å². The predicted octanol–water partition coefficient (Wildman–Crippen LogP) is 1.28. The molecule has 6 heteroatoms. The van der Waals surface area contributed by atoms with Crippen LogP contribution in [0.2, 0.25) is 0 Å². The molecule has 0 atom stereocenters. The number of ether oxygens (including phenoxy) is 1.